The largest absolute Gasteiger partial charge is 0.398 e. The van der Waals surface area contributed by atoms with Crippen LogP contribution in [-0.2, 0) is 10.2 Å². The summed E-state index contributed by atoms with van der Waals surface area (Å²) in [5.41, 5.74) is 8.77. The number of aromatic nitrogens is 1. The molecule has 0 amide bonds. The first kappa shape index (κ1) is 23.5. The number of nitrogens with two attached hydrogens (primary N) is 2. The van der Waals surface area contributed by atoms with Crippen LogP contribution in [0.4, 0.5) is 4.39 Å². The van der Waals surface area contributed by atoms with Crippen LogP contribution in [0, 0.1) is 5.82 Å². The predicted octanol–water partition coefficient (Wildman–Crippen LogP) is 2.10. The van der Waals surface area contributed by atoms with E-state index in [1.807, 2.05) is 10.3 Å². The molecule has 2 atom stereocenters. The summed E-state index contributed by atoms with van der Waals surface area (Å²) in [5, 5.41) is 7.88. The SMILES string of the molecule is CN=CC=C(N)C1=C2C[C@H](NS(N)(=O)=O)CN2C(c2nccs2)=N[C@H]1c1ccc(F)cc1Cl. The van der Waals surface area contributed by atoms with Crippen molar-refractivity contribution < 1.29 is 12.8 Å². The number of hydrogen-bond acceptors (Lipinski definition) is 8. The standard InChI is InChI=1S/C20H21ClFN7O2S2/c1-25-5-4-15(23)17-16-9-12(28-33(24,30)31)10-29(16)19(20-26-6-7-32-20)27-18(17)13-3-2-11(22)8-14(13)21/h2-8,12,18,28H,9-10,23H2,1H3,(H2,24,30,31)/t12-,18-/m0/s1. The van der Waals surface area contributed by atoms with Gasteiger partial charge in [-0.05, 0) is 18.2 Å². The minimum atomic E-state index is -3.93. The number of benzene rings is 1. The molecule has 13 heteroatoms. The maximum absolute atomic E-state index is 13.8. The van der Waals surface area contributed by atoms with E-state index in [4.69, 9.17) is 27.5 Å². The molecule has 1 saturated heterocycles. The summed E-state index contributed by atoms with van der Waals surface area (Å²) in [6, 6.07) is 2.92. The maximum Gasteiger partial charge on any atom is 0.274 e. The van der Waals surface area contributed by atoms with Crippen molar-refractivity contribution in [2.75, 3.05) is 13.6 Å². The van der Waals surface area contributed by atoms with Crippen LogP contribution in [0.2, 0.25) is 5.02 Å². The molecule has 2 aliphatic heterocycles. The third kappa shape index (κ3) is 4.99. The second-order valence-corrected chi connectivity index (χ2v) is 10.0. The molecule has 0 aliphatic carbocycles. The average Bonchev–Trinajstić information content (AvgIpc) is 3.39. The quantitative estimate of drug-likeness (QED) is 0.512. The zero-order valence-electron chi connectivity index (χ0n) is 17.4. The van der Waals surface area contributed by atoms with Crippen LogP contribution < -0.4 is 15.6 Å². The lowest BCUT2D eigenvalue weighted by atomic mass is 9.92. The van der Waals surface area contributed by atoms with Gasteiger partial charge >= 0.3 is 0 Å². The van der Waals surface area contributed by atoms with E-state index < -0.39 is 28.1 Å². The van der Waals surface area contributed by atoms with Crippen LogP contribution in [0.5, 0.6) is 0 Å². The van der Waals surface area contributed by atoms with Gasteiger partial charge in [-0.25, -0.2) is 14.5 Å². The topological polar surface area (TPSA) is 139 Å². The molecule has 0 unspecified atom stereocenters. The number of hydrogen-bond donors (Lipinski definition) is 3. The molecular weight excluding hydrogens is 489 g/mol. The lowest BCUT2D eigenvalue weighted by Crippen LogP contribution is -2.42. The molecule has 1 aromatic carbocycles. The van der Waals surface area contributed by atoms with E-state index in [9.17, 15) is 12.8 Å². The van der Waals surface area contributed by atoms with Crippen LogP contribution in [0.3, 0.4) is 0 Å². The lowest BCUT2D eigenvalue weighted by Gasteiger charge is -2.33. The van der Waals surface area contributed by atoms with Gasteiger partial charge in [0.05, 0.1) is 0 Å². The van der Waals surface area contributed by atoms with Crippen LogP contribution >= 0.6 is 22.9 Å². The summed E-state index contributed by atoms with van der Waals surface area (Å²) in [6.07, 6.45) is 5.15. The normalized spacial score (nSPS) is 21.6. The van der Waals surface area contributed by atoms with Crippen LogP contribution in [0.1, 0.15) is 23.0 Å². The van der Waals surface area contributed by atoms with E-state index in [0.717, 1.165) is 5.70 Å². The number of rotatable bonds is 6. The molecule has 0 radical (unpaired) electrons. The maximum atomic E-state index is 13.8. The zero-order chi connectivity index (χ0) is 23.8. The van der Waals surface area contributed by atoms with Gasteiger partial charge < -0.3 is 10.6 Å². The molecule has 0 saturated carbocycles. The highest BCUT2D eigenvalue weighted by molar-refractivity contribution is 7.87. The first-order chi connectivity index (χ1) is 15.7. The Morgan fingerprint density at radius 3 is 2.88 bits per heavy atom. The Bertz CT molecular complexity index is 1290. The van der Waals surface area contributed by atoms with Gasteiger partial charge in [0.1, 0.15) is 11.9 Å². The summed E-state index contributed by atoms with van der Waals surface area (Å²) in [7, 11) is -2.32. The van der Waals surface area contributed by atoms with E-state index in [1.54, 1.807) is 31.6 Å². The smallest absolute Gasteiger partial charge is 0.274 e. The Kier molecular flexibility index (Phi) is 6.64. The number of amidine groups is 1. The Hall–Kier alpha value is -2.64. The molecule has 1 fully saturated rings. The highest BCUT2D eigenvalue weighted by atomic mass is 35.5. The fourth-order valence-electron chi connectivity index (χ4n) is 3.96. The highest BCUT2D eigenvalue weighted by Crippen LogP contribution is 2.43. The Balaban J connectivity index is 1.93. The molecule has 3 heterocycles. The molecule has 9 nitrogen and oxygen atoms in total. The van der Waals surface area contributed by atoms with Crippen molar-refractivity contribution in [1.82, 2.24) is 14.6 Å². The summed E-state index contributed by atoms with van der Waals surface area (Å²) < 4.78 is 39.7. The fourth-order valence-corrected chi connectivity index (χ4v) is 5.49. The molecule has 5 N–H and O–H groups in total. The molecule has 33 heavy (non-hydrogen) atoms. The van der Waals surface area contributed by atoms with Crippen LogP contribution in [-0.4, -0.2) is 50.0 Å². The van der Waals surface area contributed by atoms with Gasteiger partial charge in [0.2, 0.25) is 0 Å². The average molecular weight is 510 g/mol. The summed E-state index contributed by atoms with van der Waals surface area (Å²) in [6.45, 7) is 0.284. The number of nitrogens with one attached hydrogen (secondary N) is 1. The first-order valence-corrected chi connectivity index (χ1v) is 12.6. The van der Waals surface area contributed by atoms with Gasteiger partial charge in [-0.15, -0.1) is 11.3 Å². The number of fused-ring (bicyclic) bond motifs is 1. The summed E-state index contributed by atoms with van der Waals surface area (Å²) >= 11 is 7.81. The van der Waals surface area contributed by atoms with E-state index in [2.05, 4.69) is 14.7 Å². The Labute approximate surface area is 199 Å². The molecule has 2 aromatic rings. The zero-order valence-corrected chi connectivity index (χ0v) is 19.8. The van der Waals surface area contributed by atoms with Crippen molar-refractivity contribution in [3.05, 3.63) is 74.2 Å². The van der Waals surface area contributed by atoms with E-state index in [0.29, 0.717) is 34.1 Å². The molecule has 1 aromatic heterocycles. The minimum absolute atomic E-state index is 0.197. The number of nitrogens with zero attached hydrogens (tertiary/aromatic N) is 4. The molecular formula is C20H21ClFN7O2S2. The van der Waals surface area contributed by atoms with Crippen molar-refractivity contribution in [2.45, 2.75) is 18.5 Å². The fraction of sp³-hybridized carbons (Fsp3) is 0.250. The van der Waals surface area contributed by atoms with E-state index >= 15 is 0 Å². The molecule has 174 valence electrons. The highest BCUT2D eigenvalue weighted by Gasteiger charge is 2.41. The monoisotopic (exact) mass is 509 g/mol. The lowest BCUT2D eigenvalue weighted by molar-refractivity contribution is 0.512. The van der Waals surface area contributed by atoms with Crippen LogP contribution in [0.25, 0.3) is 0 Å². The minimum Gasteiger partial charge on any atom is -0.398 e. The molecule has 2 aliphatic rings. The Morgan fingerprint density at radius 2 is 2.24 bits per heavy atom. The van der Waals surface area contributed by atoms with Gasteiger partial charge in [-0.2, -0.15) is 13.1 Å². The molecule has 0 bridgehead atoms. The van der Waals surface area contributed by atoms with Crippen LogP contribution in [0.15, 0.2) is 62.8 Å². The van der Waals surface area contributed by atoms with Gasteiger partial charge in [-0.1, -0.05) is 17.7 Å². The number of aliphatic imine (C=N–C) groups is 2. The van der Waals surface area contributed by atoms with Crippen molar-refractivity contribution in [1.29, 1.82) is 0 Å². The van der Waals surface area contributed by atoms with Gasteiger partial charge in [0, 0.05) is 71.4 Å². The summed E-state index contributed by atoms with van der Waals surface area (Å²) in [4.78, 5) is 15.1. The van der Waals surface area contributed by atoms with Crippen molar-refractivity contribution in [3.8, 4) is 0 Å². The Morgan fingerprint density at radius 1 is 1.45 bits per heavy atom. The molecule has 4 rings (SSSR count). The van der Waals surface area contributed by atoms with Gasteiger partial charge in [0.15, 0.2) is 10.8 Å². The second kappa shape index (κ2) is 9.31. The van der Waals surface area contributed by atoms with E-state index in [-0.39, 0.29) is 11.6 Å². The number of allylic oxidation sites excluding steroid dienone is 1. The first-order valence-electron chi connectivity index (χ1n) is 9.79. The van der Waals surface area contributed by atoms with Crippen molar-refractivity contribution in [3.63, 3.8) is 0 Å². The van der Waals surface area contributed by atoms with Gasteiger partial charge in [0.25, 0.3) is 10.2 Å². The predicted molar refractivity (Wildman–Crippen MR) is 128 cm³/mol. The number of thiazole rings is 1. The van der Waals surface area contributed by atoms with Gasteiger partial charge in [-0.3, -0.25) is 9.98 Å². The second-order valence-electron chi connectivity index (χ2n) is 7.42. The third-order valence-electron chi connectivity index (χ3n) is 5.19. The molecule has 0 spiro atoms. The third-order valence-corrected chi connectivity index (χ3v) is 6.94. The number of halogens is 2. The van der Waals surface area contributed by atoms with E-state index in [1.165, 1.54) is 23.5 Å². The van der Waals surface area contributed by atoms with Crippen molar-refractivity contribution >= 4 is 45.2 Å². The van der Waals surface area contributed by atoms with Crippen molar-refractivity contribution in [2.24, 2.45) is 20.9 Å². The summed E-state index contributed by atoms with van der Waals surface area (Å²) in [5.74, 6) is 0.0734.